The van der Waals surface area contributed by atoms with Crippen LogP contribution in [0.1, 0.15) is 25.0 Å². The molecular weight excluding hydrogens is 223 g/mol. The van der Waals surface area contributed by atoms with Gasteiger partial charge in [0.1, 0.15) is 11.6 Å². The summed E-state index contributed by atoms with van der Waals surface area (Å²) in [6, 6.07) is 3.01. The quantitative estimate of drug-likeness (QED) is 0.860. The molecule has 0 aliphatic rings. The summed E-state index contributed by atoms with van der Waals surface area (Å²) < 4.78 is 18.6. The van der Waals surface area contributed by atoms with Gasteiger partial charge in [-0.3, -0.25) is 4.79 Å². The fourth-order valence-corrected chi connectivity index (χ4v) is 1.69. The molecule has 0 aliphatic carbocycles. The number of aryl methyl sites for hydroxylation is 1. The highest BCUT2D eigenvalue weighted by atomic mass is 19.1. The average molecular weight is 240 g/mol. The van der Waals surface area contributed by atoms with Gasteiger partial charge in [-0.15, -0.1) is 0 Å². The molecule has 1 atom stereocenters. The summed E-state index contributed by atoms with van der Waals surface area (Å²) in [5.41, 5.74) is 1.32. The molecule has 0 aromatic heterocycles. The van der Waals surface area contributed by atoms with E-state index < -0.39 is 11.9 Å². The number of halogens is 1. The van der Waals surface area contributed by atoms with Gasteiger partial charge < -0.3 is 9.84 Å². The Bertz CT molecular complexity index is 415. The smallest absolute Gasteiger partial charge is 0.306 e. The lowest BCUT2D eigenvalue weighted by atomic mass is 9.97. The number of aliphatic carboxylic acids is 1. The number of hydrogen-bond acceptors (Lipinski definition) is 2. The van der Waals surface area contributed by atoms with Crippen molar-refractivity contribution in [3.8, 4) is 5.75 Å². The van der Waals surface area contributed by atoms with E-state index >= 15 is 0 Å². The molecule has 3 nitrogen and oxygen atoms in total. The van der Waals surface area contributed by atoms with Crippen molar-refractivity contribution < 1.29 is 19.0 Å². The Morgan fingerprint density at radius 1 is 1.47 bits per heavy atom. The van der Waals surface area contributed by atoms with Crippen LogP contribution in [0.25, 0.3) is 0 Å². The van der Waals surface area contributed by atoms with Gasteiger partial charge in [0, 0.05) is 6.07 Å². The van der Waals surface area contributed by atoms with Crippen molar-refractivity contribution >= 4 is 5.97 Å². The lowest BCUT2D eigenvalue weighted by Crippen LogP contribution is -2.13. The van der Waals surface area contributed by atoms with Crippen LogP contribution in [0.5, 0.6) is 5.75 Å². The van der Waals surface area contributed by atoms with Crippen molar-refractivity contribution in [1.82, 2.24) is 0 Å². The number of carbonyl (C=O) groups is 1. The number of carboxylic acid groups (broad SMARTS) is 1. The predicted octanol–water partition coefficient (Wildman–Crippen LogP) is 2.66. The SMILES string of the molecule is CCc1cc(CC(C)C(=O)O)c(OC)cc1F. The van der Waals surface area contributed by atoms with Crippen LogP contribution in [0.4, 0.5) is 4.39 Å². The number of benzene rings is 1. The molecular formula is C13H17FO3. The van der Waals surface area contributed by atoms with Crippen molar-refractivity contribution in [2.45, 2.75) is 26.7 Å². The van der Waals surface area contributed by atoms with E-state index in [-0.39, 0.29) is 5.82 Å². The number of ether oxygens (including phenoxy) is 1. The number of methoxy groups -OCH3 is 1. The Kier molecular flexibility index (Phi) is 4.49. The minimum Gasteiger partial charge on any atom is -0.496 e. The molecule has 0 saturated carbocycles. The van der Waals surface area contributed by atoms with Gasteiger partial charge in [0.05, 0.1) is 13.0 Å². The summed E-state index contributed by atoms with van der Waals surface area (Å²) in [5.74, 6) is -1.28. The third kappa shape index (κ3) is 3.19. The summed E-state index contributed by atoms with van der Waals surface area (Å²) in [7, 11) is 1.45. The molecule has 0 spiro atoms. The first-order valence-corrected chi connectivity index (χ1v) is 5.57. The molecule has 1 aromatic rings. The largest absolute Gasteiger partial charge is 0.496 e. The molecule has 1 aromatic carbocycles. The van der Waals surface area contributed by atoms with Crippen LogP contribution in [0.2, 0.25) is 0 Å². The monoisotopic (exact) mass is 240 g/mol. The minimum absolute atomic E-state index is 0.309. The molecule has 0 saturated heterocycles. The van der Waals surface area contributed by atoms with Crippen molar-refractivity contribution in [2.75, 3.05) is 7.11 Å². The van der Waals surface area contributed by atoms with Gasteiger partial charge in [-0.05, 0) is 30.0 Å². The fourth-order valence-electron chi connectivity index (χ4n) is 1.69. The summed E-state index contributed by atoms with van der Waals surface area (Å²) in [5, 5.41) is 8.87. The van der Waals surface area contributed by atoms with E-state index in [1.165, 1.54) is 13.2 Å². The number of carboxylic acids is 1. The van der Waals surface area contributed by atoms with E-state index in [0.717, 1.165) is 5.56 Å². The van der Waals surface area contributed by atoms with E-state index in [1.807, 2.05) is 6.92 Å². The predicted molar refractivity (Wildman–Crippen MR) is 62.8 cm³/mol. The van der Waals surface area contributed by atoms with Gasteiger partial charge >= 0.3 is 5.97 Å². The van der Waals surface area contributed by atoms with Gasteiger partial charge in [0.25, 0.3) is 0 Å². The first-order chi connectivity index (χ1) is 7.99. The number of rotatable bonds is 5. The zero-order valence-corrected chi connectivity index (χ0v) is 10.3. The molecule has 1 unspecified atom stereocenters. The van der Waals surface area contributed by atoms with E-state index in [2.05, 4.69) is 0 Å². The summed E-state index contributed by atoms with van der Waals surface area (Å²) in [6.45, 7) is 3.48. The maximum absolute atomic E-state index is 13.5. The normalized spacial score (nSPS) is 12.2. The van der Waals surface area contributed by atoms with Gasteiger partial charge in [0.2, 0.25) is 0 Å². The second-order valence-electron chi connectivity index (χ2n) is 4.05. The van der Waals surface area contributed by atoms with Crippen LogP contribution in [0, 0.1) is 11.7 Å². The van der Waals surface area contributed by atoms with E-state index in [0.29, 0.717) is 24.2 Å². The molecule has 1 rings (SSSR count). The van der Waals surface area contributed by atoms with Crippen molar-refractivity contribution in [3.05, 3.63) is 29.1 Å². The van der Waals surface area contributed by atoms with Crippen LogP contribution >= 0.6 is 0 Å². The fraction of sp³-hybridized carbons (Fsp3) is 0.462. The van der Waals surface area contributed by atoms with Crippen LogP contribution < -0.4 is 4.74 Å². The highest BCUT2D eigenvalue weighted by Gasteiger charge is 2.16. The highest BCUT2D eigenvalue weighted by molar-refractivity contribution is 5.70. The topological polar surface area (TPSA) is 46.5 Å². The van der Waals surface area contributed by atoms with Gasteiger partial charge in [-0.25, -0.2) is 4.39 Å². The molecule has 4 heteroatoms. The lowest BCUT2D eigenvalue weighted by molar-refractivity contribution is -0.141. The minimum atomic E-state index is -0.866. The first-order valence-electron chi connectivity index (χ1n) is 5.57. The molecule has 0 heterocycles. The van der Waals surface area contributed by atoms with E-state index in [9.17, 15) is 9.18 Å². The molecule has 0 aliphatic heterocycles. The van der Waals surface area contributed by atoms with Crippen LogP contribution in [-0.2, 0) is 17.6 Å². The lowest BCUT2D eigenvalue weighted by Gasteiger charge is -2.13. The Balaban J connectivity index is 3.08. The number of hydrogen-bond donors (Lipinski definition) is 1. The van der Waals surface area contributed by atoms with Crippen molar-refractivity contribution in [3.63, 3.8) is 0 Å². The third-order valence-corrected chi connectivity index (χ3v) is 2.78. The maximum atomic E-state index is 13.5. The molecule has 0 bridgehead atoms. The molecule has 94 valence electrons. The Morgan fingerprint density at radius 2 is 2.12 bits per heavy atom. The molecule has 17 heavy (non-hydrogen) atoms. The maximum Gasteiger partial charge on any atom is 0.306 e. The van der Waals surface area contributed by atoms with Gasteiger partial charge in [-0.1, -0.05) is 13.8 Å². The van der Waals surface area contributed by atoms with Gasteiger partial charge in [-0.2, -0.15) is 0 Å². The van der Waals surface area contributed by atoms with Crippen molar-refractivity contribution in [1.29, 1.82) is 0 Å². The van der Waals surface area contributed by atoms with E-state index in [1.54, 1.807) is 13.0 Å². The van der Waals surface area contributed by atoms with Crippen LogP contribution in [0.15, 0.2) is 12.1 Å². The molecule has 1 N–H and O–H groups in total. The first kappa shape index (κ1) is 13.5. The Morgan fingerprint density at radius 3 is 2.59 bits per heavy atom. The second kappa shape index (κ2) is 5.66. The van der Waals surface area contributed by atoms with Crippen LogP contribution in [-0.4, -0.2) is 18.2 Å². The average Bonchev–Trinajstić information content (AvgIpc) is 2.30. The van der Waals surface area contributed by atoms with Gasteiger partial charge in [0.15, 0.2) is 0 Å². The van der Waals surface area contributed by atoms with Crippen molar-refractivity contribution in [2.24, 2.45) is 5.92 Å². The summed E-state index contributed by atoms with van der Waals surface area (Å²) >= 11 is 0. The highest BCUT2D eigenvalue weighted by Crippen LogP contribution is 2.25. The summed E-state index contributed by atoms with van der Waals surface area (Å²) in [6.07, 6.45) is 0.913. The Hall–Kier alpha value is -1.58. The second-order valence-corrected chi connectivity index (χ2v) is 4.05. The molecule has 0 amide bonds. The third-order valence-electron chi connectivity index (χ3n) is 2.78. The zero-order valence-electron chi connectivity index (χ0n) is 10.3. The summed E-state index contributed by atoms with van der Waals surface area (Å²) in [4.78, 5) is 10.8. The molecule has 0 radical (unpaired) electrons. The molecule has 0 fully saturated rings. The Labute approximate surface area is 100 Å². The van der Waals surface area contributed by atoms with E-state index in [4.69, 9.17) is 9.84 Å². The standard InChI is InChI=1S/C13H17FO3/c1-4-9-6-10(5-8(2)13(15)16)12(17-3)7-11(9)14/h6-8H,4-5H2,1-3H3,(H,15,16). The van der Waals surface area contributed by atoms with Crippen LogP contribution in [0.3, 0.4) is 0 Å². The zero-order chi connectivity index (χ0) is 13.0.